The van der Waals surface area contributed by atoms with E-state index in [9.17, 15) is 16.8 Å². The first kappa shape index (κ1) is 27.4. The minimum absolute atomic E-state index is 0. The topological polar surface area (TPSA) is 190 Å². The number of hydrogen-bond donors (Lipinski definition) is 2. The molecule has 0 aromatic carbocycles. The van der Waals surface area contributed by atoms with Crippen LogP contribution in [0.2, 0.25) is 5.15 Å². The van der Waals surface area contributed by atoms with Crippen molar-refractivity contribution in [3.63, 3.8) is 0 Å². The summed E-state index contributed by atoms with van der Waals surface area (Å²) in [5.74, 6) is 0.294. The molecule has 0 bridgehead atoms. The number of rotatable bonds is 5. The Morgan fingerprint density at radius 3 is 1.71 bits per heavy atom. The summed E-state index contributed by atoms with van der Waals surface area (Å²) in [4.78, 5) is 8.28. The number of hydrogen-bond acceptors (Lipinski definition) is 9. The predicted molar refractivity (Wildman–Crippen MR) is 126 cm³/mol. The second-order valence-corrected chi connectivity index (χ2v) is 9.94. The zero-order valence-corrected chi connectivity index (χ0v) is 20.2. The molecule has 4 heterocycles. The Labute approximate surface area is 201 Å². The molecule has 4 N–H and O–H groups in total. The molecule has 0 saturated carbocycles. The fourth-order valence-electron chi connectivity index (χ4n) is 3.02. The second kappa shape index (κ2) is 10.2. The maximum atomic E-state index is 11.5. The summed E-state index contributed by atoms with van der Waals surface area (Å²) >= 11 is 5.70. The molecule has 0 atom stereocenters. The van der Waals surface area contributed by atoms with Crippen molar-refractivity contribution in [3.05, 3.63) is 40.8 Å². The lowest BCUT2D eigenvalue weighted by molar-refractivity contribution is 0.388. The first-order valence-electron chi connectivity index (χ1n) is 9.43. The van der Waals surface area contributed by atoms with Gasteiger partial charge in [-0.1, -0.05) is 32.9 Å². The van der Waals surface area contributed by atoms with E-state index in [1.165, 1.54) is 17.7 Å². The molecule has 0 radical (unpaired) electrons. The van der Waals surface area contributed by atoms with Crippen LogP contribution in [0.15, 0.2) is 34.3 Å². The number of ether oxygens (including phenoxy) is 1. The fourth-order valence-corrected chi connectivity index (χ4v) is 4.94. The lowest BCUT2D eigenvalue weighted by Crippen LogP contribution is -2.17. The third kappa shape index (κ3) is 5.44. The molecule has 0 aliphatic rings. The van der Waals surface area contributed by atoms with Gasteiger partial charge in [0.25, 0.3) is 20.0 Å². The highest BCUT2D eigenvalue weighted by atomic mass is 35.5. The van der Waals surface area contributed by atoms with Crippen LogP contribution < -0.4 is 15.0 Å². The molecule has 0 saturated heterocycles. The van der Waals surface area contributed by atoms with Crippen LogP contribution in [0.1, 0.15) is 32.7 Å². The second-order valence-electron chi connectivity index (χ2n) is 6.60. The van der Waals surface area contributed by atoms with Crippen LogP contribution in [-0.4, -0.2) is 53.1 Å². The van der Waals surface area contributed by atoms with E-state index < -0.39 is 20.0 Å². The number of primary sulfonamides is 2. The highest BCUT2D eigenvalue weighted by molar-refractivity contribution is 7.89. The van der Waals surface area contributed by atoms with E-state index in [1.54, 1.807) is 32.0 Å². The van der Waals surface area contributed by atoms with Crippen LogP contribution in [0.4, 0.5) is 0 Å². The van der Waals surface area contributed by atoms with Gasteiger partial charge in [0.1, 0.15) is 5.15 Å². The predicted octanol–water partition coefficient (Wildman–Crippen LogP) is 1.18. The van der Waals surface area contributed by atoms with Gasteiger partial charge in [-0.15, -0.1) is 5.10 Å². The molecule has 34 heavy (non-hydrogen) atoms. The number of halogens is 1. The van der Waals surface area contributed by atoms with Crippen molar-refractivity contribution >= 4 is 42.9 Å². The quantitative estimate of drug-likeness (QED) is 0.379. The molecule has 4 rings (SSSR count). The fraction of sp³-hybridized carbons (Fsp3) is 0.333. The van der Waals surface area contributed by atoms with Crippen LogP contribution in [0.5, 0.6) is 5.88 Å². The minimum atomic E-state index is -3.87. The number of aromatic nitrogens is 6. The third-order valence-corrected chi connectivity index (χ3v) is 6.47. The summed E-state index contributed by atoms with van der Waals surface area (Å²) in [6.07, 6.45) is 0.907. The Hall–Kier alpha value is -2.85. The molecular formula is C18H25ClN8O5S2. The summed E-state index contributed by atoms with van der Waals surface area (Å²) in [5.41, 5.74) is 1.61. The normalized spacial score (nSPS) is 11.7. The Morgan fingerprint density at radius 1 is 0.853 bits per heavy atom. The van der Waals surface area contributed by atoms with E-state index in [4.69, 9.17) is 26.6 Å². The Morgan fingerprint density at radius 2 is 1.29 bits per heavy atom. The summed E-state index contributed by atoms with van der Waals surface area (Å²) in [5, 5.41) is 18.1. The van der Waals surface area contributed by atoms with Gasteiger partial charge in [-0.05, 0) is 31.0 Å². The number of nitrogens with zero attached hydrogens (tertiary/aromatic N) is 6. The lowest BCUT2D eigenvalue weighted by Gasteiger charge is -2.01. The lowest BCUT2D eigenvalue weighted by atomic mass is 10.4. The van der Waals surface area contributed by atoms with E-state index in [2.05, 4.69) is 20.2 Å². The molecular weight excluding hydrogens is 508 g/mol. The minimum Gasteiger partial charge on any atom is -0.480 e. The highest BCUT2D eigenvalue weighted by Gasteiger charge is 2.23. The molecule has 0 fully saturated rings. The van der Waals surface area contributed by atoms with Crippen molar-refractivity contribution in [3.8, 4) is 5.88 Å². The Kier molecular flexibility index (Phi) is 8.21. The number of aryl methyl sites for hydroxylation is 2. The van der Waals surface area contributed by atoms with Gasteiger partial charge >= 0.3 is 0 Å². The highest BCUT2D eigenvalue weighted by Crippen LogP contribution is 2.19. The van der Waals surface area contributed by atoms with E-state index >= 15 is 0 Å². The third-order valence-electron chi connectivity index (χ3n) is 4.37. The summed E-state index contributed by atoms with van der Waals surface area (Å²) in [7, 11) is -6.29. The molecule has 4 aromatic rings. The zero-order chi connectivity index (χ0) is 24.6. The van der Waals surface area contributed by atoms with E-state index in [0.717, 1.165) is 4.52 Å². The van der Waals surface area contributed by atoms with Gasteiger partial charge in [0.05, 0.1) is 18.5 Å². The molecule has 16 heteroatoms. The Balaban J connectivity index is 0.000000234. The summed E-state index contributed by atoms with van der Waals surface area (Å²) < 4.78 is 53.2. The monoisotopic (exact) mass is 532 g/mol. The van der Waals surface area contributed by atoms with Gasteiger partial charge in [-0.25, -0.2) is 37.1 Å². The van der Waals surface area contributed by atoms with Gasteiger partial charge in [-0.3, -0.25) is 0 Å². The van der Waals surface area contributed by atoms with Gasteiger partial charge < -0.3 is 4.74 Å². The maximum Gasteiger partial charge on any atom is 0.257 e. The SMILES string of the molecule is C.CCc1nc2ccc(Cl)nn2c1S(N)(=O)=O.CCc1nc2ccc(OC)nn2c1S(N)(=O)=O. The number of imidazole rings is 2. The average Bonchev–Trinajstić information content (AvgIpc) is 3.30. The van der Waals surface area contributed by atoms with Crippen LogP contribution in [0.3, 0.4) is 0 Å². The van der Waals surface area contributed by atoms with Gasteiger partial charge in [0.2, 0.25) is 5.88 Å². The van der Waals surface area contributed by atoms with Crippen molar-refractivity contribution in [2.24, 2.45) is 10.3 Å². The van der Waals surface area contributed by atoms with Gasteiger partial charge in [0, 0.05) is 6.07 Å². The van der Waals surface area contributed by atoms with Crippen molar-refractivity contribution in [1.82, 2.24) is 29.2 Å². The molecule has 0 spiro atoms. The molecule has 0 aliphatic carbocycles. The molecule has 4 aromatic heterocycles. The first-order chi connectivity index (χ1) is 15.4. The van der Waals surface area contributed by atoms with E-state index in [1.807, 2.05) is 0 Å². The number of sulfonamides is 2. The average molecular weight is 533 g/mol. The largest absolute Gasteiger partial charge is 0.480 e. The molecule has 13 nitrogen and oxygen atoms in total. The van der Waals surface area contributed by atoms with Crippen molar-refractivity contribution in [2.75, 3.05) is 7.11 Å². The smallest absolute Gasteiger partial charge is 0.257 e. The maximum absolute atomic E-state index is 11.5. The van der Waals surface area contributed by atoms with Crippen LogP contribution in [0.25, 0.3) is 11.3 Å². The molecule has 186 valence electrons. The van der Waals surface area contributed by atoms with E-state index in [-0.39, 0.29) is 22.6 Å². The van der Waals surface area contributed by atoms with Crippen LogP contribution >= 0.6 is 11.6 Å². The molecule has 0 unspecified atom stereocenters. The number of methoxy groups -OCH3 is 1. The van der Waals surface area contributed by atoms with Crippen molar-refractivity contribution in [2.45, 2.75) is 44.2 Å². The number of nitrogens with two attached hydrogens (primary N) is 2. The van der Waals surface area contributed by atoms with E-state index in [0.29, 0.717) is 41.4 Å². The zero-order valence-electron chi connectivity index (χ0n) is 17.8. The standard InChI is InChI=1S/C9H12N4O3S.C8H9ClN4O2S.CH4/c1-3-6-9(17(10,14)15)13-7(11-6)4-5-8(12-13)16-2;1-2-5-8(16(10,14)15)13-7(11-5)4-3-6(9)12-13;/h4-5H,3H2,1-2H3,(H2,10,14,15);3-4H,2H2,1H3,(H2,10,14,15);1H4. The molecule has 0 amide bonds. The number of fused-ring (bicyclic) bond motifs is 2. The first-order valence-corrected chi connectivity index (χ1v) is 12.9. The Bertz CT molecular complexity index is 1550. The summed E-state index contributed by atoms with van der Waals surface area (Å²) in [6, 6.07) is 6.35. The van der Waals surface area contributed by atoms with Crippen molar-refractivity contribution in [1.29, 1.82) is 0 Å². The molecule has 0 aliphatic heterocycles. The van der Waals surface area contributed by atoms with Crippen LogP contribution in [-0.2, 0) is 32.9 Å². The van der Waals surface area contributed by atoms with Crippen LogP contribution in [0, 0.1) is 0 Å². The van der Waals surface area contributed by atoms with Crippen molar-refractivity contribution < 1.29 is 21.6 Å². The van der Waals surface area contributed by atoms with Gasteiger partial charge in [-0.2, -0.15) is 14.1 Å². The summed E-state index contributed by atoms with van der Waals surface area (Å²) in [6.45, 7) is 3.59. The van der Waals surface area contributed by atoms with Gasteiger partial charge in [0.15, 0.2) is 21.3 Å².